The summed E-state index contributed by atoms with van der Waals surface area (Å²) in [6.07, 6.45) is 4.36. The molecule has 2 atom stereocenters. The van der Waals surface area contributed by atoms with E-state index < -0.39 is 6.04 Å². The summed E-state index contributed by atoms with van der Waals surface area (Å²) in [5.41, 5.74) is 9.69. The van der Waals surface area contributed by atoms with Crippen LogP contribution in [-0.4, -0.2) is 53.0 Å². The lowest BCUT2D eigenvalue weighted by molar-refractivity contribution is -0.132. The number of piperazine rings is 1. The van der Waals surface area contributed by atoms with Gasteiger partial charge in [0.15, 0.2) is 0 Å². The third kappa shape index (κ3) is 3.84. The molecule has 0 unspecified atom stereocenters. The van der Waals surface area contributed by atoms with Gasteiger partial charge in [-0.25, -0.2) is 9.97 Å². The number of hydrogen-bond acceptors (Lipinski definition) is 5. The Morgan fingerprint density at radius 3 is 2.64 bits per heavy atom. The van der Waals surface area contributed by atoms with E-state index in [1.165, 1.54) is 11.3 Å². The highest BCUT2D eigenvalue weighted by Gasteiger charge is 2.30. The summed E-state index contributed by atoms with van der Waals surface area (Å²) in [6.45, 7) is 5.13. The standard InChI is InChI=1S/C21H26ClN5O/c1-14-2-7-18-19(14)20(25-13-24-18)26-8-10-27(11-9-26)21(28)17(23)12-15-3-5-16(22)6-4-15/h3-6,13-14,17H,2,7-12,23H2,1H3/t14-,17-/m1/s1. The SMILES string of the molecule is C[C@@H]1CCc2ncnc(N3CCN(C(=O)[C@H](N)Cc4ccc(Cl)cc4)CC3)c21. The third-order valence-corrected chi connectivity index (χ3v) is 6.08. The second-order valence-corrected chi connectivity index (χ2v) is 8.18. The molecule has 2 aromatic rings. The highest BCUT2D eigenvalue weighted by molar-refractivity contribution is 6.30. The van der Waals surface area contributed by atoms with Crippen molar-refractivity contribution in [2.45, 2.75) is 38.1 Å². The van der Waals surface area contributed by atoms with Crippen LogP contribution >= 0.6 is 11.6 Å². The number of benzene rings is 1. The Morgan fingerprint density at radius 1 is 1.21 bits per heavy atom. The van der Waals surface area contributed by atoms with Crippen LogP contribution in [0.4, 0.5) is 5.82 Å². The zero-order valence-corrected chi connectivity index (χ0v) is 16.9. The summed E-state index contributed by atoms with van der Waals surface area (Å²) in [5, 5.41) is 0.685. The van der Waals surface area contributed by atoms with Crippen molar-refractivity contribution >= 4 is 23.3 Å². The number of rotatable bonds is 4. The lowest BCUT2D eigenvalue weighted by Crippen LogP contribution is -2.54. The maximum absolute atomic E-state index is 12.8. The molecule has 1 saturated heterocycles. The number of anilines is 1. The molecule has 1 aliphatic carbocycles. The minimum absolute atomic E-state index is 0.0101. The molecule has 1 amide bonds. The zero-order valence-electron chi connectivity index (χ0n) is 16.1. The Bertz CT molecular complexity index is 848. The van der Waals surface area contributed by atoms with Gasteiger partial charge in [0.1, 0.15) is 12.1 Å². The molecule has 1 aromatic heterocycles. The first-order valence-electron chi connectivity index (χ1n) is 9.90. The number of carbonyl (C=O) groups is 1. The second-order valence-electron chi connectivity index (χ2n) is 7.75. The van der Waals surface area contributed by atoms with Crippen LogP contribution in [0.5, 0.6) is 0 Å². The summed E-state index contributed by atoms with van der Waals surface area (Å²) in [7, 11) is 0. The minimum atomic E-state index is -0.531. The molecule has 1 aliphatic heterocycles. The maximum atomic E-state index is 12.8. The first-order chi connectivity index (χ1) is 13.5. The van der Waals surface area contributed by atoms with Crippen LogP contribution in [0.15, 0.2) is 30.6 Å². The van der Waals surface area contributed by atoms with E-state index in [1.54, 1.807) is 6.33 Å². The average molecular weight is 400 g/mol. The molecule has 1 fully saturated rings. The number of nitrogens with zero attached hydrogens (tertiary/aromatic N) is 4. The van der Waals surface area contributed by atoms with Crippen LogP contribution in [0.1, 0.15) is 36.1 Å². The van der Waals surface area contributed by atoms with Crippen molar-refractivity contribution < 1.29 is 4.79 Å². The number of amides is 1. The molecule has 2 heterocycles. The van der Waals surface area contributed by atoms with Gasteiger partial charge in [-0.05, 0) is 42.9 Å². The summed E-state index contributed by atoms with van der Waals surface area (Å²) < 4.78 is 0. The fraction of sp³-hybridized carbons (Fsp3) is 0.476. The quantitative estimate of drug-likeness (QED) is 0.854. The molecule has 28 heavy (non-hydrogen) atoms. The van der Waals surface area contributed by atoms with E-state index >= 15 is 0 Å². The molecule has 7 heteroatoms. The number of hydrogen-bond donors (Lipinski definition) is 1. The van der Waals surface area contributed by atoms with Gasteiger partial charge >= 0.3 is 0 Å². The Morgan fingerprint density at radius 2 is 1.93 bits per heavy atom. The largest absolute Gasteiger partial charge is 0.353 e. The fourth-order valence-electron chi connectivity index (χ4n) is 4.21. The fourth-order valence-corrected chi connectivity index (χ4v) is 4.34. The van der Waals surface area contributed by atoms with E-state index in [0.29, 0.717) is 30.5 Å². The highest BCUT2D eigenvalue weighted by Crippen LogP contribution is 2.37. The Hall–Kier alpha value is -2.18. The number of fused-ring (bicyclic) bond motifs is 1. The van der Waals surface area contributed by atoms with Gasteiger partial charge in [0.05, 0.1) is 6.04 Å². The summed E-state index contributed by atoms with van der Waals surface area (Å²) in [4.78, 5) is 26.0. The van der Waals surface area contributed by atoms with Crippen molar-refractivity contribution in [2.24, 2.45) is 5.73 Å². The van der Waals surface area contributed by atoms with E-state index in [0.717, 1.165) is 37.3 Å². The first-order valence-corrected chi connectivity index (χ1v) is 10.3. The van der Waals surface area contributed by atoms with E-state index in [1.807, 2.05) is 29.2 Å². The zero-order chi connectivity index (χ0) is 19.7. The molecule has 148 valence electrons. The lowest BCUT2D eigenvalue weighted by atomic mass is 10.0. The van der Waals surface area contributed by atoms with E-state index in [-0.39, 0.29) is 5.91 Å². The maximum Gasteiger partial charge on any atom is 0.239 e. The van der Waals surface area contributed by atoms with Gasteiger partial charge in [-0.2, -0.15) is 0 Å². The number of aryl methyl sites for hydroxylation is 1. The van der Waals surface area contributed by atoms with Crippen LogP contribution < -0.4 is 10.6 Å². The number of carbonyl (C=O) groups excluding carboxylic acids is 1. The predicted molar refractivity (Wildman–Crippen MR) is 111 cm³/mol. The Kier molecular flexibility index (Phi) is 5.51. The van der Waals surface area contributed by atoms with Crippen molar-refractivity contribution in [1.82, 2.24) is 14.9 Å². The average Bonchev–Trinajstić information content (AvgIpc) is 3.10. The van der Waals surface area contributed by atoms with Crippen LogP contribution in [0.2, 0.25) is 5.02 Å². The lowest BCUT2D eigenvalue weighted by Gasteiger charge is -2.37. The van der Waals surface area contributed by atoms with Gasteiger partial charge in [0, 0.05) is 42.5 Å². The molecular weight excluding hydrogens is 374 g/mol. The van der Waals surface area contributed by atoms with Gasteiger partial charge in [-0.15, -0.1) is 0 Å². The van der Waals surface area contributed by atoms with Gasteiger partial charge in [0.2, 0.25) is 5.91 Å². The number of nitrogens with two attached hydrogens (primary N) is 1. The van der Waals surface area contributed by atoms with Crippen LogP contribution in [-0.2, 0) is 17.6 Å². The monoisotopic (exact) mass is 399 g/mol. The normalized spacial score (nSPS) is 20.2. The molecule has 2 N–H and O–H groups in total. The predicted octanol–water partition coefficient (Wildman–Crippen LogP) is 2.40. The van der Waals surface area contributed by atoms with Gasteiger partial charge < -0.3 is 15.5 Å². The van der Waals surface area contributed by atoms with Crippen LogP contribution in [0.25, 0.3) is 0 Å². The molecule has 0 spiro atoms. The molecule has 2 aliphatic rings. The summed E-state index contributed by atoms with van der Waals surface area (Å²) in [6, 6.07) is 6.97. The second kappa shape index (κ2) is 8.05. The van der Waals surface area contributed by atoms with Gasteiger partial charge in [-0.3, -0.25) is 4.79 Å². The first kappa shape index (κ1) is 19.2. The molecule has 4 rings (SSSR count). The molecule has 0 saturated carbocycles. The molecule has 1 aromatic carbocycles. The van der Waals surface area contributed by atoms with Crippen molar-refractivity contribution in [3.63, 3.8) is 0 Å². The third-order valence-electron chi connectivity index (χ3n) is 5.83. The van der Waals surface area contributed by atoms with E-state index in [2.05, 4.69) is 21.8 Å². The summed E-state index contributed by atoms with van der Waals surface area (Å²) >= 11 is 5.92. The van der Waals surface area contributed by atoms with Crippen molar-refractivity contribution in [2.75, 3.05) is 31.1 Å². The van der Waals surface area contributed by atoms with E-state index in [9.17, 15) is 4.79 Å². The van der Waals surface area contributed by atoms with Crippen molar-refractivity contribution in [3.05, 3.63) is 52.4 Å². The van der Waals surface area contributed by atoms with Crippen molar-refractivity contribution in [1.29, 1.82) is 0 Å². The van der Waals surface area contributed by atoms with Crippen LogP contribution in [0, 0.1) is 0 Å². The molecule has 0 radical (unpaired) electrons. The Labute approximate surface area is 170 Å². The molecule has 6 nitrogen and oxygen atoms in total. The van der Waals surface area contributed by atoms with E-state index in [4.69, 9.17) is 17.3 Å². The molecular formula is C21H26ClN5O. The highest BCUT2D eigenvalue weighted by atomic mass is 35.5. The van der Waals surface area contributed by atoms with Gasteiger partial charge in [-0.1, -0.05) is 30.7 Å². The number of halogens is 1. The van der Waals surface area contributed by atoms with Crippen LogP contribution in [0.3, 0.4) is 0 Å². The topological polar surface area (TPSA) is 75.4 Å². The van der Waals surface area contributed by atoms with Crippen molar-refractivity contribution in [3.8, 4) is 0 Å². The summed E-state index contributed by atoms with van der Waals surface area (Å²) in [5.74, 6) is 1.56. The molecule has 0 bridgehead atoms. The smallest absolute Gasteiger partial charge is 0.239 e. The minimum Gasteiger partial charge on any atom is -0.353 e. The van der Waals surface area contributed by atoms with Gasteiger partial charge in [0.25, 0.3) is 0 Å². The Balaban J connectivity index is 1.37. The number of aromatic nitrogens is 2.